The lowest BCUT2D eigenvalue weighted by Crippen LogP contribution is -2.40. The summed E-state index contributed by atoms with van der Waals surface area (Å²) in [5.41, 5.74) is 2.24. The lowest BCUT2D eigenvalue weighted by molar-refractivity contribution is 0.727. The summed E-state index contributed by atoms with van der Waals surface area (Å²) < 4.78 is 0. The third-order valence-electron chi connectivity index (χ3n) is 4.01. The molecular formula is C18H24N4S. The van der Waals surface area contributed by atoms with Crippen LogP contribution >= 0.6 is 11.8 Å². The number of pyridine rings is 1. The van der Waals surface area contributed by atoms with Crippen molar-refractivity contribution in [1.29, 1.82) is 0 Å². The summed E-state index contributed by atoms with van der Waals surface area (Å²) in [6, 6.07) is 10.3. The third-order valence-corrected chi connectivity index (χ3v) is 5.41. The quantitative estimate of drug-likeness (QED) is 0.654. The zero-order valence-electron chi connectivity index (χ0n) is 13.6. The van der Waals surface area contributed by atoms with E-state index in [1.807, 2.05) is 18.3 Å². The number of nitrogens with zero attached hydrogens (tertiary/aromatic N) is 2. The summed E-state index contributed by atoms with van der Waals surface area (Å²) in [7, 11) is 0. The molecule has 0 radical (unpaired) electrons. The number of fused-ring (bicyclic) bond motifs is 1. The fourth-order valence-corrected chi connectivity index (χ4v) is 4.02. The smallest absolute Gasteiger partial charge is 0.191 e. The van der Waals surface area contributed by atoms with Crippen LogP contribution in [0.4, 0.5) is 0 Å². The van der Waals surface area contributed by atoms with Crippen LogP contribution in [0.25, 0.3) is 10.9 Å². The van der Waals surface area contributed by atoms with E-state index in [1.54, 1.807) is 0 Å². The first-order valence-corrected chi connectivity index (χ1v) is 9.38. The molecule has 1 aromatic carbocycles. The van der Waals surface area contributed by atoms with Gasteiger partial charge in [-0.15, -0.1) is 0 Å². The summed E-state index contributed by atoms with van der Waals surface area (Å²) in [6.45, 7) is 4.63. The molecule has 3 rings (SSSR count). The fourth-order valence-electron chi connectivity index (χ4n) is 2.81. The molecule has 1 fully saturated rings. The lowest BCUT2D eigenvalue weighted by atomic mass is 10.1. The highest BCUT2D eigenvalue weighted by Gasteiger charge is 2.15. The number of hydrogen-bond donors (Lipinski definition) is 2. The molecule has 0 amide bonds. The van der Waals surface area contributed by atoms with Crippen molar-refractivity contribution in [1.82, 2.24) is 15.6 Å². The van der Waals surface area contributed by atoms with Crippen LogP contribution in [0.1, 0.15) is 25.3 Å². The molecule has 0 aliphatic carbocycles. The molecule has 1 aliphatic rings. The summed E-state index contributed by atoms with van der Waals surface area (Å²) in [5.74, 6) is 2.20. The molecule has 1 atom stereocenters. The van der Waals surface area contributed by atoms with Gasteiger partial charge in [-0.2, -0.15) is 11.8 Å². The molecule has 5 heteroatoms. The highest BCUT2D eigenvalue weighted by Crippen LogP contribution is 2.25. The van der Waals surface area contributed by atoms with Gasteiger partial charge in [0.2, 0.25) is 0 Å². The van der Waals surface area contributed by atoms with Crippen LogP contribution < -0.4 is 10.6 Å². The van der Waals surface area contributed by atoms with Gasteiger partial charge in [-0.1, -0.05) is 18.2 Å². The summed E-state index contributed by atoms with van der Waals surface area (Å²) in [4.78, 5) is 9.16. The Labute approximate surface area is 142 Å². The average Bonchev–Trinajstić information content (AvgIpc) is 3.11. The number of benzene rings is 1. The van der Waals surface area contributed by atoms with Crippen molar-refractivity contribution in [3.63, 3.8) is 0 Å². The van der Waals surface area contributed by atoms with Gasteiger partial charge in [-0.05, 0) is 43.2 Å². The molecule has 4 nitrogen and oxygen atoms in total. The van der Waals surface area contributed by atoms with Gasteiger partial charge >= 0.3 is 0 Å². The Kier molecular flexibility index (Phi) is 5.75. The average molecular weight is 328 g/mol. The van der Waals surface area contributed by atoms with Crippen LogP contribution in [0.5, 0.6) is 0 Å². The maximum atomic E-state index is 4.75. The Balaban J connectivity index is 1.68. The topological polar surface area (TPSA) is 49.3 Å². The Morgan fingerprint density at radius 3 is 3.04 bits per heavy atom. The Morgan fingerprint density at radius 2 is 2.22 bits per heavy atom. The van der Waals surface area contributed by atoms with Crippen LogP contribution in [0.3, 0.4) is 0 Å². The molecular weight excluding hydrogens is 304 g/mol. The SMILES string of the molecule is CCNC(=NCc1ccnc2ccccc12)NCC1CCCS1. The molecule has 1 unspecified atom stereocenters. The predicted octanol–water partition coefficient (Wildman–Crippen LogP) is 3.19. The molecule has 122 valence electrons. The van der Waals surface area contributed by atoms with Crippen molar-refractivity contribution in [3.05, 3.63) is 42.1 Å². The summed E-state index contributed by atoms with van der Waals surface area (Å²) in [5, 5.41) is 8.73. The molecule has 2 heterocycles. The zero-order valence-corrected chi connectivity index (χ0v) is 14.4. The van der Waals surface area contributed by atoms with Crippen LogP contribution in [0.2, 0.25) is 0 Å². The molecule has 23 heavy (non-hydrogen) atoms. The number of rotatable bonds is 5. The fraction of sp³-hybridized carbons (Fsp3) is 0.444. The minimum atomic E-state index is 0.663. The molecule has 0 bridgehead atoms. The largest absolute Gasteiger partial charge is 0.357 e. The van der Waals surface area contributed by atoms with E-state index in [0.717, 1.165) is 29.8 Å². The number of nitrogens with one attached hydrogen (secondary N) is 2. The summed E-state index contributed by atoms with van der Waals surface area (Å²) in [6.07, 6.45) is 4.52. The maximum Gasteiger partial charge on any atom is 0.191 e. The van der Waals surface area contributed by atoms with Gasteiger partial charge < -0.3 is 10.6 Å². The van der Waals surface area contributed by atoms with Crippen molar-refractivity contribution in [2.24, 2.45) is 4.99 Å². The van der Waals surface area contributed by atoms with E-state index >= 15 is 0 Å². The van der Waals surface area contributed by atoms with Crippen molar-refractivity contribution < 1.29 is 0 Å². The van der Waals surface area contributed by atoms with Gasteiger partial charge in [0.25, 0.3) is 0 Å². The van der Waals surface area contributed by atoms with Crippen LogP contribution in [0, 0.1) is 0 Å². The highest BCUT2D eigenvalue weighted by molar-refractivity contribution is 8.00. The number of thioether (sulfide) groups is 1. The lowest BCUT2D eigenvalue weighted by Gasteiger charge is -2.14. The standard InChI is InChI=1S/C18H24N4S/c1-2-19-18(22-13-15-6-5-11-23-15)21-12-14-9-10-20-17-8-4-3-7-16(14)17/h3-4,7-10,15H,2,5-6,11-13H2,1H3,(H2,19,21,22). The van der Waals surface area contributed by atoms with Gasteiger partial charge in [0.05, 0.1) is 12.1 Å². The van der Waals surface area contributed by atoms with Crippen LogP contribution in [0.15, 0.2) is 41.5 Å². The Morgan fingerprint density at radius 1 is 1.30 bits per heavy atom. The Bertz CT molecular complexity index is 660. The van der Waals surface area contributed by atoms with Crippen molar-refractivity contribution in [3.8, 4) is 0 Å². The first kappa shape index (κ1) is 16.1. The van der Waals surface area contributed by atoms with E-state index < -0.39 is 0 Å². The second kappa shape index (κ2) is 8.20. The van der Waals surface area contributed by atoms with E-state index in [0.29, 0.717) is 6.54 Å². The molecule has 2 N–H and O–H groups in total. The minimum Gasteiger partial charge on any atom is -0.357 e. The van der Waals surface area contributed by atoms with Gasteiger partial charge in [-0.25, -0.2) is 4.99 Å². The molecule has 2 aromatic rings. The number of guanidine groups is 1. The van der Waals surface area contributed by atoms with E-state index in [2.05, 4.69) is 52.5 Å². The van der Waals surface area contributed by atoms with Crippen molar-refractivity contribution in [2.45, 2.75) is 31.6 Å². The first-order valence-electron chi connectivity index (χ1n) is 8.33. The van der Waals surface area contributed by atoms with Crippen LogP contribution in [-0.2, 0) is 6.54 Å². The second-order valence-corrected chi connectivity index (χ2v) is 7.11. The van der Waals surface area contributed by atoms with E-state index in [4.69, 9.17) is 4.99 Å². The number of hydrogen-bond acceptors (Lipinski definition) is 3. The van der Waals surface area contributed by atoms with Crippen LogP contribution in [-0.4, -0.2) is 35.0 Å². The molecule has 1 aliphatic heterocycles. The molecule has 1 saturated heterocycles. The Hall–Kier alpha value is -1.75. The number of aliphatic imine (C=N–C) groups is 1. The first-order chi connectivity index (χ1) is 11.4. The number of aromatic nitrogens is 1. The minimum absolute atomic E-state index is 0.663. The molecule has 0 spiro atoms. The molecule has 1 aromatic heterocycles. The monoisotopic (exact) mass is 328 g/mol. The van der Waals surface area contributed by atoms with Gasteiger partial charge in [0.1, 0.15) is 0 Å². The normalized spacial score (nSPS) is 18.3. The second-order valence-electron chi connectivity index (χ2n) is 5.70. The highest BCUT2D eigenvalue weighted by atomic mass is 32.2. The van der Waals surface area contributed by atoms with Gasteiger partial charge in [-0.3, -0.25) is 4.98 Å². The zero-order chi connectivity index (χ0) is 15.9. The third kappa shape index (κ3) is 4.38. The summed E-state index contributed by atoms with van der Waals surface area (Å²) >= 11 is 2.07. The van der Waals surface area contributed by atoms with Gasteiger partial charge in [0, 0.05) is 29.9 Å². The van der Waals surface area contributed by atoms with E-state index in [-0.39, 0.29) is 0 Å². The molecule has 0 saturated carbocycles. The van der Waals surface area contributed by atoms with Gasteiger partial charge in [0.15, 0.2) is 5.96 Å². The van der Waals surface area contributed by atoms with Crippen molar-refractivity contribution in [2.75, 3.05) is 18.8 Å². The van der Waals surface area contributed by atoms with E-state index in [9.17, 15) is 0 Å². The van der Waals surface area contributed by atoms with E-state index in [1.165, 1.54) is 29.5 Å². The van der Waals surface area contributed by atoms with Crippen molar-refractivity contribution >= 4 is 28.6 Å². The predicted molar refractivity (Wildman–Crippen MR) is 100 cm³/mol. The number of para-hydroxylation sites is 1. The maximum absolute atomic E-state index is 4.75.